The van der Waals surface area contributed by atoms with Crippen LogP contribution in [0.25, 0.3) is 0 Å². The third-order valence-electron chi connectivity index (χ3n) is 1.43. The Kier molecular flexibility index (Phi) is 1.20. The molecule has 1 aliphatic rings. The summed E-state index contributed by atoms with van der Waals surface area (Å²) in [5, 5.41) is 0. The van der Waals surface area contributed by atoms with Crippen LogP contribution in [0.5, 0.6) is 0 Å². The summed E-state index contributed by atoms with van der Waals surface area (Å²) in [5.41, 5.74) is 1.04. The molecule has 0 saturated carbocycles. The van der Waals surface area contributed by atoms with Crippen molar-refractivity contribution in [2.24, 2.45) is 4.99 Å². The molecule has 3 nitrogen and oxygen atoms in total. The van der Waals surface area contributed by atoms with Crippen molar-refractivity contribution in [3.8, 4) is 0 Å². The molecule has 1 N–H and O–H groups in total. The first-order valence-electron chi connectivity index (χ1n) is 3.27. The number of H-pyrrole nitrogens is 1. The van der Waals surface area contributed by atoms with E-state index in [1.807, 2.05) is 18.5 Å². The van der Waals surface area contributed by atoms with Crippen LogP contribution in [0.3, 0.4) is 0 Å². The van der Waals surface area contributed by atoms with E-state index in [0.29, 0.717) is 0 Å². The van der Waals surface area contributed by atoms with Crippen molar-refractivity contribution in [1.29, 1.82) is 0 Å². The Morgan fingerprint density at radius 3 is 3.20 bits per heavy atom. The maximum absolute atomic E-state index is 5.23. The lowest BCUT2D eigenvalue weighted by atomic mass is 10.3. The molecule has 10 heavy (non-hydrogen) atoms. The van der Waals surface area contributed by atoms with Crippen molar-refractivity contribution in [3.05, 3.63) is 24.0 Å². The summed E-state index contributed by atoms with van der Waals surface area (Å²) < 4.78 is 5.23. The van der Waals surface area contributed by atoms with Crippen LogP contribution in [-0.2, 0) is 4.74 Å². The van der Waals surface area contributed by atoms with Crippen LogP contribution in [0.1, 0.15) is 5.56 Å². The summed E-state index contributed by atoms with van der Waals surface area (Å²) >= 11 is 0. The second-order valence-electron chi connectivity index (χ2n) is 2.14. The second kappa shape index (κ2) is 2.17. The molecule has 0 aliphatic carbocycles. The van der Waals surface area contributed by atoms with E-state index >= 15 is 0 Å². The molecule has 0 amide bonds. The fourth-order valence-electron chi connectivity index (χ4n) is 0.967. The van der Waals surface area contributed by atoms with Gasteiger partial charge in [-0.3, -0.25) is 0 Å². The van der Waals surface area contributed by atoms with Gasteiger partial charge in [0.05, 0.1) is 12.1 Å². The number of aromatic nitrogens is 1. The van der Waals surface area contributed by atoms with Gasteiger partial charge in [-0.05, 0) is 6.07 Å². The van der Waals surface area contributed by atoms with Crippen LogP contribution < -0.4 is 0 Å². The van der Waals surface area contributed by atoms with Crippen molar-refractivity contribution in [1.82, 2.24) is 4.98 Å². The van der Waals surface area contributed by atoms with Crippen LogP contribution in [0.4, 0.5) is 0 Å². The van der Waals surface area contributed by atoms with Gasteiger partial charge in [-0.2, -0.15) is 0 Å². The maximum atomic E-state index is 5.23. The zero-order valence-electron chi connectivity index (χ0n) is 5.50. The molecule has 0 unspecified atom stereocenters. The predicted octanol–water partition coefficient (Wildman–Crippen LogP) is 0.792. The molecule has 3 heteroatoms. The summed E-state index contributed by atoms with van der Waals surface area (Å²) in [7, 11) is 0. The highest BCUT2D eigenvalue weighted by Crippen LogP contribution is 2.05. The smallest absolute Gasteiger partial charge is 0.217 e. The number of aliphatic imine (C=N–C) groups is 1. The quantitative estimate of drug-likeness (QED) is 0.609. The fraction of sp³-hybridized carbons (Fsp3) is 0.286. The molecule has 0 atom stereocenters. The monoisotopic (exact) mass is 136 g/mol. The molecule has 2 heterocycles. The number of nitrogens with zero attached hydrogens (tertiary/aromatic N) is 1. The molecule has 1 aromatic rings. The first-order valence-corrected chi connectivity index (χ1v) is 3.27. The summed E-state index contributed by atoms with van der Waals surface area (Å²) in [5.74, 6) is 0.765. The van der Waals surface area contributed by atoms with Crippen molar-refractivity contribution >= 4 is 5.90 Å². The molecule has 0 bridgehead atoms. The van der Waals surface area contributed by atoms with Crippen molar-refractivity contribution < 1.29 is 4.74 Å². The van der Waals surface area contributed by atoms with Crippen molar-refractivity contribution in [2.45, 2.75) is 0 Å². The van der Waals surface area contributed by atoms with Gasteiger partial charge in [0.15, 0.2) is 0 Å². The topological polar surface area (TPSA) is 37.4 Å². The Balaban J connectivity index is 2.28. The Bertz CT molecular complexity index is 238. The number of hydrogen-bond donors (Lipinski definition) is 1. The molecule has 0 saturated heterocycles. The maximum Gasteiger partial charge on any atom is 0.217 e. The fourth-order valence-corrected chi connectivity index (χ4v) is 0.967. The first kappa shape index (κ1) is 5.53. The highest BCUT2D eigenvalue weighted by molar-refractivity contribution is 5.94. The number of aromatic amines is 1. The highest BCUT2D eigenvalue weighted by atomic mass is 16.5. The minimum Gasteiger partial charge on any atom is -0.475 e. The van der Waals surface area contributed by atoms with Gasteiger partial charge >= 0.3 is 0 Å². The lowest BCUT2D eigenvalue weighted by molar-refractivity contribution is 0.348. The predicted molar refractivity (Wildman–Crippen MR) is 38.1 cm³/mol. The Labute approximate surface area is 58.7 Å². The number of hydrogen-bond acceptors (Lipinski definition) is 2. The van der Waals surface area contributed by atoms with E-state index in [1.54, 1.807) is 0 Å². The van der Waals surface area contributed by atoms with Gasteiger partial charge in [-0.15, -0.1) is 0 Å². The number of rotatable bonds is 1. The van der Waals surface area contributed by atoms with Gasteiger partial charge in [0.2, 0.25) is 5.90 Å². The van der Waals surface area contributed by atoms with Crippen LogP contribution in [-0.4, -0.2) is 24.0 Å². The van der Waals surface area contributed by atoms with Gasteiger partial charge in [-0.25, -0.2) is 4.99 Å². The van der Waals surface area contributed by atoms with Crippen molar-refractivity contribution in [2.75, 3.05) is 13.2 Å². The summed E-state index contributed by atoms with van der Waals surface area (Å²) in [6.45, 7) is 1.51. The molecule has 2 rings (SSSR count). The van der Waals surface area contributed by atoms with Gasteiger partial charge in [-0.1, -0.05) is 0 Å². The Morgan fingerprint density at radius 2 is 2.60 bits per heavy atom. The second-order valence-corrected chi connectivity index (χ2v) is 2.14. The van der Waals surface area contributed by atoms with Crippen LogP contribution in [0, 0.1) is 0 Å². The van der Waals surface area contributed by atoms with Gasteiger partial charge in [0.25, 0.3) is 0 Å². The van der Waals surface area contributed by atoms with Crippen LogP contribution >= 0.6 is 0 Å². The standard InChI is InChI=1S/C7H8N2O/c1-2-8-5-6(1)7-9-3-4-10-7/h1-2,5,8H,3-4H2. The van der Waals surface area contributed by atoms with Crippen LogP contribution in [0.15, 0.2) is 23.5 Å². The number of ether oxygens (including phenoxy) is 1. The van der Waals surface area contributed by atoms with Gasteiger partial charge in [0.1, 0.15) is 6.61 Å². The minimum atomic E-state index is 0.723. The zero-order valence-corrected chi connectivity index (χ0v) is 5.50. The normalized spacial score (nSPS) is 16.6. The highest BCUT2D eigenvalue weighted by Gasteiger charge is 2.08. The molecule has 0 aromatic carbocycles. The van der Waals surface area contributed by atoms with Crippen molar-refractivity contribution in [3.63, 3.8) is 0 Å². The van der Waals surface area contributed by atoms with E-state index in [2.05, 4.69) is 9.98 Å². The Hall–Kier alpha value is -1.25. The molecular formula is C7H8N2O. The first-order chi connectivity index (χ1) is 4.97. The van der Waals surface area contributed by atoms with E-state index < -0.39 is 0 Å². The lowest BCUT2D eigenvalue weighted by Crippen LogP contribution is -1.98. The molecule has 1 aromatic heterocycles. The van der Waals surface area contributed by atoms with Gasteiger partial charge < -0.3 is 9.72 Å². The zero-order chi connectivity index (χ0) is 6.81. The summed E-state index contributed by atoms with van der Waals surface area (Å²) in [4.78, 5) is 7.10. The lowest BCUT2D eigenvalue weighted by Gasteiger charge is -1.94. The van der Waals surface area contributed by atoms with E-state index in [4.69, 9.17) is 4.74 Å². The number of nitrogens with one attached hydrogen (secondary N) is 1. The Morgan fingerprint density at radius 1 is 1.60 bits per heavy atom. The minimum absolute atomic E-state index is 0.723. The SMILES string of the molecule is c1cc(C2=NCCO2)c[nH]1. The summed E-state index contributed by atoms with van der Waals surface area (Å²) in [6, 6.07) is 1.95. The molecule has 52 valence electrons. The van der Waals surface area contributed by atoms with E-state index in [9.17, 15) is 0 Å². The van der Waals surface area contributed by atoms with E-state index in [1.165, 1.54) is 0 Å². The third kappa shape index (κ3) is 0.795. The van der Waals surface area contributed by atoms with Crippen LogP contribution in [0.2, 0.25) is 0 Å². The summed E-state index contributed by atoms with van der Waals surface area (Å²) in [6.07, 6.45) is 3.74. The van der Waals surface area contributed by atoms with E-state index in [0.717, 1.165) is 24.6 Å². The average molecular weight is 136 g/mol. The molecular weight excluding hydrogens is 128 g/mol. The molecule has 1 aliphatic heterocycles. The molecule has 0 radical (unpaired) electrons. The largest absolute Gasteiger partial charge is 0.475 e. The molecule has 0 fully saturated rings. The van der Waals surface area contributed by atoms with Gasteiger partial charge in [0, 0.05) is 12.4 Å². The van der Waals surface area contributed by atoms with E-state index in [-0.39, 0.29) is 0 Å². The third-order valence-corrected chi connectivity index (χ3v) is 1.43. The molecule has 0 spiro atoms. The average Bonchev–Trinajstić information content (AvgIpc) is 2.59.